The first-order valence-electron chi connectivity index (χ1n) is 9.68. The van der Waals surface area contributed by atoms with Gasteiger partial charge in [-0.15, -0.1) is 0 Å². The lowest BCUT2D eigenvalue weighted by Gasteiger charge is -2.19. The maximum absolute atomic E-state index is 12.5. The van der Waals surface area contributed by atoms with Crippen molar-refractivity contribution in [3.63, 3.8) is 0 Å². The van der Waals surface area contributed by atoms with Crippen molar-refractivity contribution in [1.82, 2.24) is 15.5 Å². The molecule has 0 unspecified atom stereocenters. The molecule has 0 aromatic heterocycles. The topological polar surface area (TPSA) is 66.0 Å². The molecular weight excluding hydrogens is 385 g/mol. The first kappa shape index (κ1) is 22.8. The van der Waals surface area contributed by atoms with E-state index in [0.717, 1.165) is 31.2 Å². The fraction of sp³-hybridized carbons (Fsp3) is 0.600. The molecule has 1 fully saturated rings. The van der Waals surface area contributed by atoms with Crippen molar-refractivity contribution in [2.24, 2.45) is 4.99 Å². The molecule has 162 valence electrons. The van der Waals surface area contributed by atoms with Gasteiger partial charge in [0, 0.05) is 25.7 Å². The van der Waals surface area contributed by atoms with Gasteiger partial charge < -0.3 is 20.3 Å². The molecule has 0 heterocycles. The summed E-state index contributed by atoms with van der Waals surface area (Å²) in [5.41, 5.74) is 1.35. The molecule has 9 heteroatoms. The number of hydrogen-bond donors (Lipinski definition) is 2. The van der Waals surface area contributed by atoms with Crippen molar-refractivity contribution >= 4 is 11.9 Å². The van der Waals surface area contributed by atoms with Gasteiger partial charge in [0.1, 0.15) is 5.75 Å². The van der Waals surface area contributed by atoms with Crippen molar-refractivity contribution in [2.75, 3.05) is 27.2 Å². The number of likely N-dealkylation sites (N-methyl/N-ethyl adjacent to an activating group) is 1. The van der Waals surface area contributed by atoms with Gasteiger partial charge in [-0.2, -0.15) is 13.2 Å². The second-order valence-electron chi connectivity index (χ2n) is 7.45. The van der Waals surface area contributed by atoms with Gasteiger partial charge in [0.2, 0.25) is 5.91 Å². The summed E-state index contributed by atoms with van der Waals surface area (Å²) in [7, 11) is 3.34. The van der Waals surface area contributed by atoms with E-state index in [9.17, 15) is 18.0 Å². The molecular formula is C20H29F3N4O2. The van der Waals surface area contributed by atoms with Crippen molar-refractivity contribution in [2.45, 2.75) is 51.4 Å². The van der Waals surface area contributed by atoms with E-state index in [1.165, 1.54) is 4.90 Å². The minimum atomic E-state index is -4.41. The molecule has 6 nitrogen and oxygen atoms in total. The Hall–Kier alpha value is -2.45. The number of benzene rings is 1. The number of aryl methyl sites for hydroxylation is 1. The van der Waals surface area contributed by atoms with Crippen LogP contribution in [0, 0.1) is 6.92 Å². The maximum Gasteiger partial charge on any atom is 0.422 e. The van der Waals surface area contributed by atoms with Crippen molar-refractivity contribution in [3.05, 3.63) is 29.3 Å². The Morgan fingerprint density at radius 2 is 1.97 bits per heavy atom. The molecule has 1 aliphatic carbocycles. The molecule has 1 aliphatic rings. The van der Waals surface area contributed by atoms with E-state index >= 15 is 0 Å². The van der Waals surface area contributed by atoms with Gasteiger partial charge in [0.25, 0.3) is 0 Å². The third-order valence-electron chi connectivity index (χ3n) is 4.62. The number of guanidine groups is 1. The smallest absolute Gasteiger partial charge is 0.422 e. The Morgan fingerprint density at radius 3 is 2.59 bits per heavy atom. The van der Waals surface area contributed by atoms with Gasteiger partial charge in [-0.3, -0.25) is 4.79 Å². The lowest BCUT2D eigenvalue weighted by molar-refractivity contribution is -0.153. The minimum absolute atomic E-state index is 0.0802. The largest absolute Gasteiger partial charge is 0.484 e. The van der Waals surface area contributed by atoms with Gasteiger partial charge in [0.15, 0.2) is 12.6 Å². The summed E-state index contributed by atoms with van der Waals surface area (Å²) in [5.74, 6) is 0.528. The summed E-state index contributed by atoms with van der Waals surface area (Å²) < 4.78 is 42.6. The molecule has 1 saturated carbocycles. The van der Waals surface area contributed by atoms with Crippen LogP contribution in [0.5, 0.6) is 5.75 Å². The van der Waals surface area contributed by atoms with Crippen molar-refractivity contribution in [1.29, 1.82) is 0 Å². The standard InChI is InChI=1S/C20H29F3N4O2/c1-14-8-9-15(17(10-14)29-13-20(21,22)23)11-24-19(25-12-18(28)27(2)3)26-16-6-4-5-7-16/h8-10,16H,4-7,11-13H2,1-3H3,(H2,24,25,26). The number of rotatable bonds is 7. The van der Waals surface area contributed by atoms with Gasteiger partial charge in [-0.1, -0.05) is 25.0 Å². The van der Waals surface area contributed by atoms with Crippen molar-refractivity contribution < 1.29 is 22.7 Å². The summed E-state index contributed by atoms with van der Waals surface area (Å²) in [6, 6.07) is 5.36. The van der Waals surface area contributed by atoms with Crippen LogP contribution in [0.3, 0.4) is 0 Å². The number of carbonyl (C=O) groups is 1. The Balaban J connectivity index is 2.11. The number of carbonyl (C=O) groups excluding carboxylic acids is 1. The van der Waals surface area contributed by atoms with Crippen LogP contribution in [0.4, 0.5) is 13.2 Å². The number of hydrogen-bond acceptors (Lipinski definition) is 3. The van der Waals surface area contributed by atoms with E-state index in [4.69, 9.17) is 4.74 Å². The first-order valence-corrected chi connectivity index (χ1v) is 9.68. The van der Waals surface area contributed by atoms with E-state index in [1.807, 2.05) is 0 Å². The van der Waals surface area contributed by atoms with E-state index in [-0.39, 0.29) is 30.8 Å². The third kappa shape index (κ3) is 8.21. The van der Waals surface area contributed by atoms with Crippen LogP contribution in [-0.2, 0) is 11.3 Å². The zero-order valence-electron chi connectivity index (χ0n) is 17.1. The molecule has 1 amide bonds. The number of ether oxygens (including phenoxy) is 1. The average Bonchev–Trinajstić information content (AvgIpc) is 3.15. The highest BCUT2D eigenvalue weighted by molar-refractivity contribution is 5.86. The van der Waals surface area contributed by atoms with E-state index in [1.54, 1.807) is 39.2 Å². The number of halogens is 3. The number of nitrogens with one attached hydrogen (secondary N) is 2. The Morgan fingerprint density at radius 1 is 1.28 bits per heavy atom. The summed E-state index contributed by atoms with van der Waals surface area (Å²) in [6.45, 7) is 0.646. The second-order valence-corrected chi connectivity index (χ2v) is 7.45. The zero-order chi connectivity index (χ0) is 21.4. The zero-order valence-corrected chi connectivity index (χ0v) is 17.1. The predicted molar refractivity (Wildman–Crippen MR) is 106 cm³/mol. The molecule has 29 heavy (non-hydrogen) atoms. The van der Waals surface area contributed by atoms with Gasteiger partial charge >= 0.3 is 6.18 Å². The van der Waals surface area contributed by atoms with Crippen LogP contribution >= 0.6 is 0 Å². The Labute approximate surface area is 169 Å². The molecule has 1 aromatic carbocycles. The lowest BCUT2D eigenvalue weighted by Crippen LogP contribution is -2.46. The summed E-state index contributed by atoms with van der Waals surface area (Å²) in [6.07, 6.45) is -0.100. The summed E-state index contributed by atoms with van der Waals surface area (Å²) >= 11 is 0. The molecule has 1 aromatic rings. The quantitative estimate of drug-likeness (QED) is 0.532. The highest BCUT2D eigenvalue weighted by Gasteiger charge is 2.28. The van der Waals surface area contributed by atoms with Crippen molar-refractivity contribution in [3.8, 4) is 5.75 Å². The highest BCUT2D eigenvalue weighted by atomic mass is 19.4. The summed E-state index contributed by atoms with van der Waals surface area (Å²) in [5, 5.41) is 6.33. The molecule has 0 bridgehead atoms. The summed E-state index contributed by atoms with van der Waals surface area (Å²) in [4.78, 5) is 17.8. The number of nitrogens with zero attached hydrogens (tertiary/aromatic N) is 2. The predicted octanol–water partition coefficient (Wildman–Crippen LogP) is 3.00. The molecule has 0 aliphatic heterocycles. The second kappa shape index (κ2) is 10.4. The average molecular weight is 414 g/mol. The lowest BCUT2D eigenvalue weighted by atomic mass is 10.1. The van der Waals surface area contributed by atoms with Crippen LogP contribution in [0.25, 0.3) is 0 Å². The monoisotopic (exact) mass is 414 g/mol. The van der Waals surface area contributed by atoms with Gasteiger partial charge in [0.05, 0.1) is 13.1 Å². The van der Waals surface area contributed by atoms with E-state index in [0.29, 0.717) is 11.5 Å². The molecule has 0 radical (unpaired) electrons. The van der Waals surface area contributed by atoms with E-state index < -0.39 is 12.8 Å². The van der Waals surface area contributed by atoms with Gasteiger partial charge in [-0.05, 0) is 31.4 Å². The Bertz CT molecular complexity index is 714. The SMILES string of the molecule is Cc1ccc(CN=C(NCC(=O)N(C)C)NC2CCCC2)c(OCC(F)(F)F)c1. The third-order valence-corrected chi connectivity index (χ3v) is 4.62. The highest BCUT2D eigenvalue weighted by Crippen LogP contribution is 2.24. The number of amides is 1. The van der Waals surface area contributed by atoms with Crippen LogP contribution < -0.4 is 15.4 Å². The van der Waals surface area contributed by atoms with Crippen LogP contribution in [0.15, 0.2) is 23.2 Å². The molecule has 0 saturated heterocycles. The van der Waals surface area contributed by atoms with Gasteiger partial charge in [-0.25, -0.2) is 4.99 Å². The molecule has 0 atom stereocenters. The van der Waals surface area contributed by atoms with Crippen LogP contribution in [0.1, 0.15) is 36.8 Å². The Kier molecular flexibility index (Phi) is 8.16. The first-order chi connectivity index (χ1) is 13.6. The molecule has 2 N–H and O–H groups in total. The fourth-order valence-corrected chi connectivity index (χ4v) is 2.98. The molecule has 2 rings (SSSR count). The minimum Gasteiger partial charge on any atom is -0.484 e. The maximum atomic E-state index is 12.5. The number of alkyl halides is 3. The molecule has 0 spiro atoms. The van der Waals surface area contributed by atoms with Crippen LogP contribution in [0.2, 0.25) is 0 Å². The normalized spacial score (nSPS) is 15.3. The van der Waals surface area contributed by atoms with Crippen LogP contribution in [-0.4, -0.2) is 56.2 Å². The number of aliphatic imine (C=N–C) groups is 1. The fourth-order valence-electron chi connectivity index (χ4n) is 2.98. The van der Waals surface area contributed by atoms with E-state index in [2.05, 4.69) is 15.6 Å².